The molecule has 106 valence electrons. The average Bonchev–Trinajstić information content (AvgIpc) is 2.53. The zero-order chi connectivity index (χ0) is 14.4. The van der Waals surface area contributed by atoms with Crippen LogP contribution >= 0.6 is 11.6 Å². The molecule has 5 rings (SSSR count). The lowest BCUT2D eigenvalue weighted by molar-refractivity contribution is 0.106. The molecule has 0 N–H and O–H groups in total. The van der Waals surface area contributed by atoms with Crippen LogP contribution in [-0.2, 0) is 0 Å². The Morgan fingerprint density at radius 1 is 1.33 bits per heavy atom. The van der Waals surface area contributed by atoms with E-state index in [1.54, 1.807) is 12.1 Å². The van der Waals surface area contributed by atoms with Crippen LogP contribution in [0.1, 0.15) is 25.3 Å². The van der Waals surface area contributed by atoms with Crippen LogP contribution in [-0.4, -0.2) is 11.4 Å². The standard InChI is InChI=1S/C17H14ClFN2/c1-17-6-5-8-9-7-12(14-10(18)3-2-4-11(14)19)20-21-16(17)13(9)15(8)17/h2-4,7-8,13,15H,5-6H2,1H3/t8-,13?,15?,17-/m0/s1. The van der Waals surface area contributed by atoms with Crippen molar-refractivity contribution in [2.75, 3.05) is 0 Å². The van der Waals surface area contributed by atoms with Crippen LogP contribution in [0.25, 0.3) is 0 Å². The summed E-state index contributed by atoms with van der Waals surface area (Å²) in [5.41, 5.74) is 3.79. The molecule has 0 spiro atoms. The summed E-state index contributed by atoms with van der Waals surface area (Å²) in [6.45, 7) is 2.31. The fourth-order valence-electron chi connectivity index (χ4n) is 4.96. The first kappa shape index (κ1) is 12.1. The quantitative estimate of drug-likeness (QED) is 0.741. The van der Waals surface area contributed by atoms with Crippen molar-refractivity contribution in [1.82, 2.24) is 0 Å². The van der Waals surface area contributed by atoms with Gasteiger partial charge in [-0.2, -0.15) is 10.2 Å². The Balaban J connectivity index is 1.70. The number of hydrogen-bond donors (Lipinski definition) is 0. The minimum atomic E-state index is -0.334. The Labute approximate surface area is 127 Å². The minimum absolute atomic E-state index is 0.241. The lowest BCUT2D eigenvalue weighted by Crippen LogP contribution is -2.62. The van der Waals surface area contributed by atoms with Crippen LogP contribution in [0, 0.1) is 29.0 Å². The summed E-state index contributed by atoms with van der Waals surface area (Å²) >= 11 is 6.17. The summed E-state index contributed by atoms with van der Waals surface area (Å²) in [6.07, 6.45) is 4.47. The van der Waals surface area contributed by atoms with E-state index in [9.17, 15) is 4.39 Å². The lowest BCUT2D eigenvalue weighted by atomic mass is 9.42. The van der Waals surface area contributed by atoms with Gasteiger partial charge in [0.1, 0.15) is 5.82 Å². The van der Waals surface area contributed by atoms with Crippen molar-refractivity contribution in [3.8, 4) is 0 Å². The molecule has 3 fully saturated rings. The fourth-order valence-corrected chi connectivity index (χ4v) is 5.22. The fraction of sp³-hybridized carbons (Fsp3) is 0.412. The maximum atomic E-state index is 14.1. The Kier molecular flexibility index (Phi) is 2.10. The van der Waals surface area contributed by atoms with Crippen LogP contribution in [0.5, 0.6) is 0 Å². The molecule has 0 amide bonds. The maximum absolute atomic E-state index is 14.1. The van der Waals surface area contributed by atoms with Gasteiger partial charge in [0.15, 0.2) is 0 Å². The third kappa shape index (κ3) is 1.25. The molecule has 1 aliphatic heterocycles. The number of nitrogens with zero attached hydrogens (tertiary/aromatic N) is 2. The smallest absolute Gasteiger partial charge is 0.134 e. The molecule has 21 heavy (non-hydrogen) atoms. The van der Waals surface area contributed by atoms with Crippen molar-refractivity contribution < 1.29 is 4.39 Å². The molecule has 1 aromatic carbocycles. The van der Waals surface area contributed by atoms with E-state index in [1.807, 2.05) is 6.08 Å². The van der Waals surface area contributed by atoms with Gasteiger partial charge in [-0.05, 0) is 42.9 Å². The molecular weight excluding hydrogens is 287 g/mol. The van der Waals surface area contributed by atoms with Gasteiger partial charge in [0, 0.05) is 11.3 Å². The van der Waals surface area contributed by atoms with Crippen LogP contribution in [0.3, 0.4) is 0 Å². The Bertz CT molecular complexity index is 759. The van der Waals surface area contributed by atoms with Crippen molar-refractivity contribution >= 4 is 23.0 Å². The van der Waals surface area contributed by atoms with Crippen molar-refractivity contribution in [2.45, 2.75) is 19.8 Å². The summed E-state index contributed by atoms with van der Waals surface area (Å²) in [4.78, 5) is 0. The highest BCUT2D eigenvalue weighted by Gasteiger charge is 2.71. The number of allylic oxidation sites excluding steroid dienone is 2. The van der Waals surface area contributed by atoms with E-state index in [-0.39, 0.29) is 11.2 Å². The van der Waals surface area contributed by atoms with Gasteiger partial charge in [-0.3, -0.25) is 0 Å². The third-order valence-electron chi connectivity index (χ3n) is 5.96. The molecule has 3 saturated carbocycles. The van der Waals surface area contributed by atoms with E-state index >= 15 is 0 Å². The van der Waals surface area contributed by atoms with Gasteiger partial charge < -0.3 is 0 Å². The van der Waals surface area contributed by atoms with E-state index in [1.165, 1.54) is 30.2 Å². The van der Waals surface area contributed by atoms with Gasteiger partial charge in [0.2, 0.25) is 0 Å². The second-order valence-electron chi connectivity index (χ2n) is 6.78. The Morgan fingerprint density at radius 2 is 2.19 bits per heavy atom. The van der Waals surface area contributed by atoms with Crippen LogP contribution in [0.2, 0.25) is 5.02 Å². The van der Waals surface area contributed by atoms with E-state index in [4.69, 9.17) is 11.6 Å². The van der Waals surface area contributed by atoms with Crippen LogP contribution in [0.4, 0.5) is 4.39 Å². The van der Waals surface area contributed by atoms with E-state index < -0.39 is 0 Å². The normalized spacial score (nSPS) is 38.4. The predicted molar refractivity (Wildman–Crippen MR) is 81.3 cm³/mol. The van der Waals surface area contributed by atoms with Gasteiger partial charge in [-0.15, -0.1) is 0 Å². The largest absolute Gasteiger partial charge is 0.206 e. The Morgan fingerprint density at radius 3 is 3.00 bits per heavy atom. The summed E-state index contributed by atoms with van der Waals surface area (Å²) in [5, 5.41) is 9.23. The van der Waals surface area contributed by atoms with Gasteiger partial charge in [0.05, 0.1) is 22.0 Å². The number of halogens is 2. The third-order valence-corrected chi connectivity index (χ3v) is 6.27. The molecule has 3 aliphatic carbocycles. The maximum Gasteiger partial charge on any atom is 0.134 e. The number of benzene rings is 1. The molecule has 4 heteroatoms. The molecule has 1 aromatic rings. The van der Waals surface area contributed by atoms with Gasteiger partial charge >= 0.3 is 0 Å². The van der Waals surface area contributed by atoms with E-state index in [0.29, 0.717) is 28.1 Å². The molecular formula is C17H14ClFN2. The predicted octanol–water partition coefficient (Wildman–Crippen LogP) is 4.24. The highest BCUT2D eigenvalue weighted by atomic mass is 35.5. The molecule has 2 nitrogen and oxygen atoms in total. The van der Waals surface area contributed by atoms with E-state index in [0.717, 1.165) is 5.92 Å². The van der Waals surface area contributed by atoms with Crippen molar-refractivity contribution in [2.24, 2.45) is 33.4 Å². The molecule has 4 aliphatic rings. The number of hydrogen-bond acceptors (Lipinski definition) is 2. The zero-order valence-corrected chi connectivity index (χ0v) is 12.4. The second kappa shape index (κ2) is 3.64. The molecule has 0 radical (unpaired) electrons. The minimum Gasteiger partial charge on any atom is -0.206 e. The first-order chi connectivity index (χ1) is 10.1. The van der Waals surface area contributed by atoms with Crippen LogP contribution < -0.4 is 0 Å². The SMILES string of the molecule is C[C@@]12CC[C@H]3C4=CC(c5c(F)cccc5Cl)=NN=C1C4C32. The van der Waals surface area contributed by atoms with Crippen molar-refractivity contribution in [3.63, 3.8) is 0 Å². The summed E-state index contributed by atoms with van der Waals surface area (Å²) in [6, 6.07) is 4.74. The molecule has 0 aromatic heterocycles. The number of fused-ring (bicyclic) bond motifs is 2. The molecule has 4 atom stereocenters. The average molecular weight is 301 g/mol. The van der Waals surface area contributed by atoms with Gasteiger partial charge in [-0.25, -0.2) is 4.39 Å². The molecule has 1 heterocycles. The summed E-state index contributed by atoms with van der Waals surface area (Å²) in [5.74, 6) is 1.52. The van der Waals surface area contributed by atoms with Gasteiger partial charge in [0.25, 0.3) is 0 Å². The van der Waals surface area contributed by atoms with E-state index in [2.05, 4.69) is 17.1 Å². The summed E-state index contributed by atoms with van der Waals surface area (Å²) < 4.78 is 14.1. The highest BCUT2D eigenvalue weighted by molar-refractivity contribution is 6.35. The Hall–Kier alpha value is -1.48. The second-order valence-corrected chi connectivity index (χ2v) is 7.18. The van der Waals surface area contributed by atoms with Crippen molar-refractivity contribution in [3.05, 3.63) is 46.3 Å². The molecule has 2 unspecified atom stereocenters. The molecule has 0 saturated heterocycles. The number of rotatable bonds is 1. The monoisotopic (exact) mass is 300 g/mol. The first-order valence-corrected chi connectivity index (χ1v) is 7.81. The first-order valence-electron chi connectivity index (χ1n) is 7.43. The van der Waals surface area contributed by atoms with Gasteiger partial charge in [-0.1, -0.05) is 30.2 Å². The van der Waals surface area contributed by atoms with Crippen LogP contribution in [0.15, 0.2) is 40.1 Å². The molecule has 0 bridgehead atoms. The topological polar surface area (TPSA) is 24.7 Å². The highest BCUT2D eigenvalue weighted by Crippen LogP contribution is 2.73. The lowest BCUT2D eigenvalue weighted by Gasteiger charge is -2.61. The van der Waals surface area contributed by atoms with Crippen molar-refractivity contribution in [1.29, 1.82) is 0 Å². The zero-order valence-electron chi connectivity index (χ0n) is 11.6. The summed E-state index contributed by atoms with van der Waals surface area (Å²) in [7, 11) is 0.